The van der Waals surface area contributed by atoms with Crippen molar-refractivity contribution in [2.45, 2.75) is 13.1 Å². The van der Waals surface area contributed by atoms with Gasteiger partial charge in [-0.2, -0.15) is 13.2 Å². The molecule has 2 aromatic carbocycles. The predicted octanol–water partition coefficient (Wildman–Crippen LogP) is 3.52. The zero-order valence-electron chi connectivity index (χ0n) is 13.1. The van der Waals surface area contributed by atoms with Crippen molar-refractivity contribution in [2.24, 2.45) is 0 Å². The Kier molecular flexibility index (Phi) is 5.41. The molecule has 2 rings (SSSR count). The molecule has 0 aliphatic rings. The second-order valence-corrected chi connectivity index (χ2v) is 5.27. The molecule has 0 bridgehead atoms. The lowest BCUT2D eigenvalue weighted by Gasteiger charge is -2.10. The van der Waals surface area contributed by atoms with Gasteiger partial charge in [0.2, 0.25) is 5.91 Å². The smallest absolute Gasteiger partial charge is 0.343 e. The fraction of sp³-hybridized carbons (Fsp3) is 0.176. The van der Waals surface area contributed by atoms with Gasteiger partial charge in [0, 0.05) is 11.3 Å². The fourth-order valence-corrected chi connectivity index (χ4v) is 2.00. The maximum atomic E-state index is 13.1. The number of carbonyl (C=O) groups excluding carboxylic acids is 2. The summed E-state index contributed by atoms with van der Waals surface area (Å²) in [6, 6.07) is 7.49. The molecule has 132 valence electrons. The number of hydrogen-bond donors (Lipinski definition) is 2. The summed E-state index contributed by atoms with van der Waals surface area (Å²) in [5, 5.41) is 4.73. The van der Waals surface area contributed by atoms with Crippen molar-refractivity contribution < 1.29 is 27.2 Å². The highest BCUT2D eigenvalue weighted by Crippen LogP contribution is 2.29. The summed E-state index contributed by atoms with van der Waals surface area (Å²) in [5.74, 6) is -1.80. The fourth-order valence-electron chi connectivity index (χ4n) is 2.00. The molecule has 0 aliphatic carbocycles. The summed E-state index contributed by atoms with van der Waals surface area (Å²) in [6.07, 6.45) is -4.49. The van der Waals surface area contributed by atoms with Crippen LogP contribution in [-0.2, 0) is 11.0 Å². The number of hydrogen-bond acceptors (Lipinski definition) is 2. The van der Waals surface area contributed by atoms with E-state index in [1.54, 1.807) is 6.92 Å². The maximum Gasteiger partial charge on any atom is 0.416 e. The molecule has 0 spiro atoms. The average molecular weight is 354 g/mol. The summed E-state index contributed by atoms with van der Waals surface area (Å²) in [5.41, 5.74) is 0.0312. The van der Waals surface area contributed by atoms with Gasteiger partial charge < -0.3 is 10.6 Å². The SMILES string of the molecule is Cc1ccc(F)cc1NC(=O)CNC(=O)c1ccc(C(F)(F)F)cc1. The van der Waals surface area contributed by atoms with E-state index in [1.165, 1.54) is 12.1 Å². The highest BCUT2D eigenvalue weighted by molar-refractivity contribution is 5.99. The van der Waals surface area contributed by atoms with Crippen LogP contribution in [0.3, 0.4) is 0 Å². The van der Waals surface area contributed by atoms with Gasteiger partial charge >= 0.3 is 6.18 Å². The second-order valence-electron chi connectivity index (χ2n) is 5.27. The quantitative estimate of drug-likeness (QED) is 0.826. The zero-order valence-corrected chi connectivity index (χ0v) is 13.1. The molecule has 0 radical (unpaired) electrons. The first-order chi connectivity index (χ1) is 11.7. The Hall–Kier alpha value is -2.90. The third-order valence-electron chi connectivity index (χ3n) is 3.36. The van der Waals surface area contributed by atoms with Crippen LogP contribution >= 0.6 is 0 Å². The number of halogens is 4. The summed E-state index contributed by atoms with van der Waals surface area (Å²) >= 11 is 0. The van der Waals surface area contributed by atoms with E-state index in [2.05, 4.69) is 10.6 Å². The van der Waals surface area contributed by atoms with E-state index in [9.17, 15) is 27.2 Å². The monoisotopic (exact) mass is 354 g/mol. The number of alkyl halides is 3. The third-order valence-corrected chi connectivity index (χ3v) is 3.36. The Morgan fingerprint density at radius 1 is 1.04 bits per heavy atom. The number of benzene rings is 2. The van der Waals surface area contributed by atoms with Crippen molar-refractivity contribution in [1.82, 2.24) is 5.32 Å². The molecule has 2 N–H and O–H groups in total. The van der Waals surface area contributed by atoms with Crippen LogP contribution in [0.15, 0.2) is 42.5 Å². The first-order valence-corrected chi connectivity index (χ1v) is 7.18. The van der Waals surface area contributed by atoms with Crippen LogP contribution in [0.5, 0.6) is 0 Å². The Morgan fingerprint density at radius 3 is 2.28 bits per heavy atom. The summed E-state index contributed by atoms with van der Waals surface area (Å²) in [6.45, 7) is 1.27. The van der Waals surface area contributed by atoms with Crippen LogP contribution < -0.4 is 10.6 Å². The van der Waals surface area contributed by atoms with Gasteiger partial charge in [-0.15, -0.1) is 0 Å². The van der Waals surface area contributed by atoms with Gasteiger partial charge in [-0.3, -0.25) is 9.59 Å². The topological polar surface area (TPSA) is 58.2 Å². The molecule has 2 amide bonds. The molecule has 0 atom stereocenters. The lowest BCUT2D eigenvalue weighted by atomic mass is 10.1. The van der Waals surface area contributed by atoms with Crippen LogP contribution in [0.25, 0.3) is 0 Å². The molecule has 0 heterocycles. The molecule has 8 heteroatoms. The van der Waals surface area contributed by atoms with E-state index in [1.807, 2.05) is 0 Å². The number of carbonyl (C=O) groups is 2. The van der Waals surface area contributed by atoms with Gasteiger partial charge in [0.25, 0.3) is 5.91 Å². The molecule has 0 unspecified atom stereocenters. The van der Waals surface area contributed by atoms with Gasteiger partial charge in [0.1, 0.15) is 5.82 Å². The molecule has 0 saturated heterocycles. The third kappa shape index (κ3) is 5.03. The molecule has 0 aliphatic heterocycles. The highest BCUT2D eigenvalue weighted by Gasteiger charge is 2.30. The summed E-state index contributed by atoms with van der Waals surface area (Å²) in [4.78, 5) is 23.7. The zero-order chi connectivity index (χ0) is 18.6. The van der Waals surface area contributed by atoms with E-state index in [0.717, 1.165) is 30.3 Å². The Bertz CT molecular complexity index is 786. The number of amides is 2. The molecule has 0 fully saturated rings. The number of rotatable bonds is 4. The van der Waals surface area contributed by atoms with Crippen LogP contribution in [0.2, 0.25) is 0 Å². The Balaban J connectivity index is 1.93. The highest BCUT2D eigenvalue weighted by atomic mass is 19.4. The van der Waals surface area contributed by atoms with Crippen molar-refractivity contribution >= 4 is 17.5 Å². The molecular formula is C17H14F4N2O2. The second kappa shape index (κ2) is 7.33. The summed E-state index contributed by atoms with van der Waals surface area (Å²) in [7, 11) is 0. The van der Waals surface area contributed by atoms with Crippen LogP contribution in [-0.4, -0.2) is 18.4 Å². The normalized spacial score (nSPS) is 11.1. The lowest BCUT2D eigenvalue weighted by Crippen LogP contribution is -2.33. The predicted molar refractivity (Wildman–Crippen MR) is 83.5 cm³/mol. The molecule has 0 aromatic heterocycles. The first-order valence-electron chi connectivity index (χ1n) is 7.18. The maximum absolute atomic E-state index is 13.1. The molecular weight excluding hydrogens is 340 g/mol. The minimum Gasteiger partial charge on any atom is -0.343 e. The molecule has 4 nitrogen and oxygen atoms in total. The van der Waals surface area contributed by atoms with E-state index in [0.29, 0.717) is 5.56 Å². The number of anilines is 1. The van der Waals surface area contributed by atoms with Crippen molar-refractivity contribution in [1.29, 1.82) is 0 Å². The van der Waals surface area contributed by atoms with Crippen LogP contribution in [0.4, 0.5) is 23.2 Å². The number of aryl methyl sites for hydroxylation is 1. The van der Waals surface area contributed by atoms with Crippen LogP contribution in [0, 0.1) is 12.7 Å². The Labute approximate surface area is 140 Å². The van der Waals surface area contributed by atoms with E-state index in [-0.39, 0.29) is 11.3 Å². The largest absolute Gasteiger partial charge is 0.416 e. The lowest BCUT2D eigenvalue weighted by molar-refractivity contribution is -0.137. The van der Waals surface area contributed by atoms with Crippen molar-refractivity contribution in [3.63, 3.8) is 0 Å². The van der Waals surface area contributed by atoms with Gasteiger partial charge in [-0.05, 0) is 48.9 Å². The average Bonchev–Trinajstić information content (AvgIpc) is 2.55. The van der Waals surface area contributed by atoms with Crippen molar-refractivity contribution in [2.75, 3.05) is 11.9 Å². The van der Waals surface area contributed by atoms with Crippen molar-refractivity contribution in [3.05, 3.63) is 65.0 Å². The van der Waals surface area contributed by atoms with E-state index in [4.69, 9.17) is 0 Å². The molecule has 2 aromatic rings. The van der Waals surface area contributed by atoms with Gasteiger partial charge in [0.05, 0.1) is 12.1 Å². The molecule has 25 heavy (non-hydrogen) atoms. The summed E-state index contributed by atoms with van der Waals surface area (Å²) < 4.78 is 50.5. The van der Waals surface area contributed by atoms with E-state index < -0.39 is 35.9 Å². The minimum absolute atomic E-state index is 0.0114. The Morgan fingerprint density at radius 2 is 1.68 bits per heavy atom. The van der Waals surface area contributed by atoms with Gasteiger partial charge in [-0.25, -0.2) is 4.39 Å². The van der Waals surface area contributed by atoms with E-state index >= 15 is 0 Å². The minimum atomic E-state index is -4.49. The molecule has 0 saturated carbocycles. The van der Waals surface area contributed by atoms with Gasteiger partial charge in [0.15, 0.2) is 0 Å². The van der Waals surface area contributed by atoms with Crippen molar-refractivity contribution in [3.8, 4) is 0 Å². The van der Waals surface area contributed by atoms with Gasteiger partial charge in [-0.1, -0.05) is 6.07 Å². The standard InChI is InChI=1S/C17H14F4N2O2/c1-10-2-7-13(18)8-14(10)23-15(24)9-22-16(25)11-3-5-12(6-4-11)17(19,20)21/h2-8H,9H2,1H3,(H,22,25)(H,23,24). The number of nitrogens with one attached hydrogen (secondary N) is 2. The van der Waals surface area contributed by atoms with Crippen LogP contribution in [0.1, 0.15) is 21.5 Å². The first kappa shape index (κ1) is 18.4.